The van der Waals surface area contributed by atoms with Crippen molar-refractivity contribution in [1.82, 2.24) is 4.31 Å². The number of aliphatic hydroxyl groups is 1. The molecule has 0 fully saturated rings. The lowest BCUT2D eigenvalue weighted by Gasteiger charge is -2.16. The standard InChI is InChI=1S/C12H19NO5S2/c1-13(7-4-3-5-8-14)20(16,17)10-6-9-19-11(10)12(15)18-2/h6,9,14H,3-5,7-8H2,1-2H3. The van der Waals surface area contributed by atoms with Crippen molar-refractivity contribution in [1.29, 1.82) is 0 Å². The Labute approximate surface area is 123 Å². The lowest BCUT2D eigenvalue weighted by atomic mass is 10.2. The molecular weight excluding hydrogens is 302 g/mol. The van der Waals surface area contributed by atoms with E-state index in [1.807, 2.05) is 0 Å². The fourth-order valence-electron chi connectivity index (χ4n) is 1.65. The summed E-state index contributed by atoms with van der Waals surface area (Å²) in [5.74, 6) is -0.646. The van der Waals surface area contributed by atoms with E-state index in [4.69, 9.17) is 5.11 Å². The average Bonchev–Trinajstić information content (AvgIpc) is 2.92. The van der Waals surface area contributed by atoms with Crippen molar-refractivity contribution in [3.63, 3.8) is 0 Å². The van der Waals surface area contributed by atoms with Crippen LogP contribution in [0.5, 0.6) is 0 Å². The second kappa shape index (κ2) is 7.72. The third kappa shape index (κ3) is 4.02. The third-order valence-electron chi connectivity index (χ3n) is 2.82. The molecule has 0 unspecified atom stereocenters. The summed E-state index contributed by atoms with van der Waals surface area (Å²) in [6, 6.07) is 1.41. The Morgan fingerprint density at radius 2 is 2.10 bits per heavy atom. The van der Waals surface area contributed by atoms with E-state index in [-0.39, 0.29) is 16.4 Å². The van der Waals surface area contributed by atoms with Gasteiger partial charge in [-0.1, -0.05) is 0 Å². The summed E-state index contributed by atoms with van der Waals surface area (Å²) >= 11 is 1.05. The molecule has 20 heavy (non-hydrogen) atoms. The van der Waals surface area contributed by atoms with Crippen molar-refractivity contribution in [2.75, 3.05) is 27.3 Å². The Morgan fingerprint density at radius 3 is 2.70 bits per heavy atom. The van der Waals surface area contributed by atoms with Gasteiger partial charge in [-0.3, -0.25) is 0 Å². The Balaban J connectivity index is 2.83. The second-order valence-corrected chi connectivity index (χ2v) is 7.15. The molecule has 0 radical (unpaired) electrons. The first-order chi connectivity index (χ1) is 9.45. The number of carbonyl (C=O) groups is 1. The molecule has 1 rings (SSSR count). The largest absolute Gasteiger partial charge is 0.465 e. The van der Waals surface area contributed by atoms with Gasteiger partial charge in [0.15, 0.2) is 0 Å². The highest BCUT2D eigenvalue weighted by molar-refractivity contribution is 7.89. The molecule has 0 spiro atoms. The maximum absolute atomic E-state index is 12.4. The predicted molar refractivity (Wildman–Crippen MR) is 76.4 cm³/mol. The minimum atomic E-state index is -3.69. The predicted octanol–water partition coefficient (Wildman–Crippen LogP) is 1.32. The Kier molecular flexibility index (Phi) is 6.60. The summed E-state index contributed by atoms with van der Waals surface area (Å²) < 4.78 is 30.6. The van der Waals surface area contributed by atoms with E-state index in [1.165, 1.54) is 24.5 Å². The van der Waals surface area contributed by atoms with Crippen molar-refractivity contribution < 1.29 is 23.1 Å². The number of hydrogen-bond donors (Lipinski definition) is 1. The van der Waals surface area contributed by atoms with Crippen LogP contribution in [-0.2, 0) is 14.8 Å². The van der Waals surface area contributed by atoms with Gasteiger partial charge in [0, 0.05) is 20.2 Å². The van der Waals surface area contributed by atoms with Gasteiger partial charge in [-0.15, -0.1) is 11.3 Å². The lowest BCUT2D eigenvalue weighted by molar-refractivity contribution is 0.0602. The van der Waals surface area contributed by atoms with Crippen LogP contribution in [0.2, 0.25) is 0 Å². The highest BCUT2D eigenvalue weighted by Crippen LogP contribution is 2.25. The van der Waals surface area contributed by atoms with Gasteiger partial charge in [0.2, 0.25) is 10.0 Å². The Bertz CT molecular complexity index is 538. The molecule has 0 saturated carbocycles. The number of methoxy groups -OCH3 is 1. The molecule has 0 aliphatic heterocycles. The van der Waals surface area contributed by atoms with E-state index < -0.39 is 16.0 Å². The first-order valence-electron chi connectivity index (χ1n) is 6.18. The summed E-state index contributed by atoms with van der Waals surface area (Å²) in [5.41, 5.74) is 0. The normalized spacial score (nSPS) is 11.8. The molecule has 0 aromatic carbocycles. The van der Waals surface area contributed by atoms with Crippen LogP contribution in [0.15, 0.2) is 16.3 Å². The third-order valence-corrected chi connectivity index (χ3v) is 5.74. The van der Waals surface area contributed by atoms with Crippen molar-refractivity contribution in [2.24, 2.45) is 0 Å². The van der Waals surface area contributed by atoms with Crippen LogP contribution in [0.3, 0.4) is 0 Å². The highest BCUT2D eigenvalue weighted by atomic mass is 32.2. The molecule has 1 heterocycles. The minimum absolute atomic E-state index is 0.0148. The molecule has 0 amide bonds. The number of rotatable bonds is 8. The number of aliphatic hydroxyl groups excluding tert-OH is 1. The number of carbonyl (C=O) groups excluding carboxylic acids is 1. The first kappa shape index (κ1) is 17.1. The maximum atomic E-state index is 12.4. The number of esters is 1. The highest BCUT2D eigenvalue weighted by Gasteiger charge is 2.27. The summed E-state index contributed by atoms with van der Waals surface area (Å²) in [6.45, 7) is 0.451. The molecule has 8 heteroatoms. The van der Waals surface area contributed by atoms with Crippen LogP contribution in [0.4, 0.5) is 0 Å². The van der Waals surface area contributed by atoms with E-state index in [0.29, 0.717) is 19.4 Å². The SMILES string of the molecule is COC(=O)c1sccc1S(=O)(=O)N(C)CCCCCO. The van der Waals surface area contributed by atoms with E-state index in [0.717, 1.165) is 17.8 Å². The quantitative estimate of drug-likeness (QED) is 0.576. The zero-order valence-corrected chi connectivity index (χ0v) is 13.2. The first-order valence-corrected chi connectivity index (χ1v) is 8.50. The summed E-state index contributed by atoms with van der Waals surface area (Å²) in [4.78, 5) is 11.6. The molecule has 0 bridgehead atoms. The van der Waals surface area contributed by atoms with Gasteiger partial charge in [0.25, 0.3) is 0 Å². The molecule has 6 nitrogen and oxygen atoms in total. The van der Waals surface area contributed by atoms with E-state index in [2.05, 4.69) is 4.74 Å². The van der Waals surface area contributed by atoms with Crippen molar-refractivity contribution in [2.45, 2.75) is 24.2 Å². The van der Waals surface area contributed by atoms with Crippen LogP contribution < -0.4 is 0 Å². The number of thiophene rings is 1. The Morgan fingerprint density at radius 1 is 1.40 bits per heavy atom. The molecule has 0 saturated heterocycles. The lowest BCUT2D eigenvalue weighted by Crippen LogP contribution is -2.28. The van der Waals surface area contributed by atoms with Gasteiger partial charge in [-0.2, -0.15) is 0 Å². The van der Waals surface area contributed by atoms with E-state index >= 15 is 0 Å². The molecule has 0 aliphatic rings. The smallest absolute Gasteiger partial charge is 0.349 e. The van der Waals surface area contributed by atoms with Gasteiger partial charge in [-0.25, -0.2) is 17.5 Å². The molecule has 1 aromatic rings. The number of unbranched alkanes of at least 4 members (excludes halogenated alkanes) is 2. The maximum Gasteiger partial charge on any atom is 0.349 e. The molecule has 1 N–H and O–H groups in total. The van der Waals surface area contributed by atoms with Crippen molar-refractivity contribution in [3.05, 3.63) is 16.3 Å². The fourth-order valence-corrected chi connectivity index (χ4v) is 4.17. The molecule has 1 aromatic heterocycles. The molecular formula is C12H19NO5S2. The van der Waals surface area contributed by atoms with Crippen molar-refractivity contribution in [3.8, 4) is 0 Å². The van der Waals surface area contributed by atoms with Crippen LogP contribution in [-0.4, -0.2) is 51.1 Å². The van der Waals surface area contributed by atoms with Crippen LogP contribution in [0.1, 0.15) is 28.9 Å². The summed E-state index contributed by atoms with van der Waals surface area (Å²) in [5, 5.41) is 10.2. The Hall–Kier alpha value is -0.960. The summed E-state index contributed by atoms with van der Waals surface area (Å²) in [6.07, 6.45) is 2.07. The van der Waals surface area contributed by atoms with E-state index in [1.54, 1.807) is 5.38 Å². The van der Waals surface area contributed by atoms with Crippen LogP contribution in [0, 0.1) is 0 Å². The van der Waals surface area contributed by atoms with E-state index in [9.17, 15) is 13.2 Å². The number of ether oxygens (including phenoxy) is 1. The van der Waals surface area contributed by atoms with Gasteiger partial charge >= 0.3 is 5.97 Å². The van der Waals surface area contributed by atoms with Gasteiger partial charge in [0.1, 0.15) is 9.77 Å². The molecule has 0 atom stereocenters. The zero-order chi connectivity index (χ0) is 15.2. The summed E-state index contributed by atoms with van der Waals surface area (Å²) in [7, 11) is -0.990. The van der Waals surface area contributed by atoms with Gasteiger partial charge < -0.3 is 9.84 Å². The number of sulfonamides is 1. The second-order valence-electron chi connectivity index (χ2n) is 4.22. The fraction of sp³-hybridized carbons (Fsp3) is 0.583. The monoisotopic (exact) mass is 321 g/mol. The number of nitrogens with zero attached hydrogens (tertiary/aromatic N) is 1. The van der Waals surface area contributed by atoms with Crippen molar-refractivity contribution >= 4 is 27.3 Å². The molecule has 114 valence electrons. The minimum Gasteiger partial charge on any atom is -0.465 e. The molecule has 0 aliphatic carbocycles. The zero-order valence-electron chi connectivity index (χ0n) is 11.5. The van der Waals surface area contributed by atoms with Crippen LogP contribution >= 0.6 is 11.3 Å². The van der Waals surface area contributed by atoms with Crippen LogP contribution in [0.25, 0.3) is 0 Å². The topological polar surface area (TPSA) is 83.9 Å². The average molecular weight is 321 g/mol. The van der Waals surface area contributed by atoms with Gasteiger partial charge in [0.05, 0.1) is 7.11 Å². The van der Waals surface area contributed by atoms with Gasteiger partial charge in [-0.05, 0) is 30.7 Å². The number of hydrogen-bond acceptors (Lipinski definition) is 6.